The zero-order valence-corrected chi connectivity index (χ0v) is 14.4. The molecular formula is C19H22N2O3. The molecule has 1 aromatic carbocycles. The van der Waals surface area contributed by atoms with Gasteiger partial charge in [0.2, 0.25) is 0 Å². The maximum absolute atomic E-state index is 12.6. The Kier molecular flexibility index (Phi) is 5.64. The summed E-state index contributed by atoms with van der Waals surface area (Å²) < 4.78 is 10.7. The van der Waals surface area contributed by atoms with Crippen molar-refractivity contribution in [2.45, 2.75) is 39.7 Å². The van der Waals surface area contributed by atoms with Crippen molar-refractivity contribution < 1.29 is 14.1 Å². The Bertz CT molecular complexity index is 756. The Morgan fingerprint density at radius 3 is 2.83 bits per heavy atom. The van der Waals surface area contributed by atoms with Gasteiger partial charge in [-0.05, 0) is 31.5 Å². The second kappa shape index (κ2) is 7.69. The van der Waals surface area contributed by atoms with E-state index in [0.717, 1.165) is 5.56 Å². The van der Waals surface area contributed by atoms with E-state index in [0.29, 0.717) is 22.8 Å². The number of carbonyl (C=O) groups excluding carboxylic acids is 1. The van der Waals surface area contributed by atoms with Crippen LogP contribution in [0.5, 0.6) is 5.75 Å². The maximum Gasteiger partial charge on any atom is 0.257 e. The van der Waals surface area contributed by atoms with Gasteiger partial charge in [0, 0.05) is 5.92 Å². The molecule has 0 radical (unpaired) electrons. The van der Waals surface area contributed by atoms with Crippen molar-refractivity contribution in [1.29, 1.82) is 0 Å². The standard InChI is InChI=1S/C19H22N2O3/c1-6-10-23-16-9-7-8-15(11-16)13(4)20-19(22)17-14(5)21-24-18(17)12(2)3/h1,7-9,11-13H,10H2,2-5H3,(H,20,22)/t13-/m0/s1. The molecule has 0 aliphatic carbocycles. The van der Waals surface area contributed by atoms with Crippen LogP contribution in [0, 0.1) is 19.3 Å². The van der Waals surface area contributed by atoms with Gasteiger partial charge in [-0.1, -0.05) is 37.1 Å². The summed E-state index contributed by atoms with van der Waals surface area (Å²) >= 11 is 0. The molecule has 0 bridgehead atoms. The molecule has 1 N–H and O–H groups in total. The summed E-state index contributed by atoms with van der Waals surface area (Å²) in [6, 6.07) is 7.30. The fourth-order valence-electron chi connectivity index (χ4n) is 2.41. The molecule has 5 heteroatoms. The van der Waals surface area contributed by atoms with Gasteiger partial charge in [-0.15, -0.1) is 6.42 Å². The first-order valence-electron chi connectivity index (χ1n) is 7.87. The highest BCUT2D eigenvalue weighted by Gasteiger charge is 2.23. The lowest BCUT2D eigenvalue weighted by Gasteiger charge is -2.16. The lowest BCUT2D eigenvalue weighted by atomic mass is 10.0. The third-order valence-electron chi connectivity index (χ3n) is 3.67. The van der Waals surface area contributed by atoms with Crippen molar-refractivity contribution in [3.63, 3.8) is 0 Å². The summed E-state index contributed by atoms with van der Waals surface area (Å²) in [7, 11) is 0. The molecule has 0 saturated carbocycles. The number of hydrogen-bond acceptors (Lipinski definition) is 4. The van der Waals surface area contributed by atoms with E-state index in [-0.39, 0.29) is 24.5 Å². The van der Waals surface area contributed by atoms with Crippen molar-refractivity contribution in [2.75, 3.05) is 6.61 Å². The molecular weight excluding hydrogens is 304 g/mol. The van der Waals surface area contributed by atoms with Gasteiger partial charge in [-0.25, -0.2) is 0 Å². The van der Waals surface area contributed by atoms with Gasteiger partial charge < -0.3 is 14.6 Å². The van der Waals surface area contributed by atoms with E-state index < -0.39 is 0 Å². The Labute approximate surface area is 142 Å². The minimum atomic E-state index is -0.195. The predicted molar refractivity (Wildman–Crippen MR) is 92.0 cm³/mol. The van der Waals surface area contributed by atoms with Gasteiger partial charge in [0.1, 0.15) is 17.9 Å². The highest BCUT2D eigenvalue weighted by Crippen LogP contribution is 2.24. The molecule has 1 heterocycles. The number of aryl methyl sites for hydroxylation is 1. The summed E-state index contributed by atoms with van der Waals surface area (Å²) in [5.74, 6) is 3.60. The van der Waals surface area contributed by atoms with Gasteiger partial charge in [0.25, 0.3) is 5.91 Å². The van der Waals surface area contributed by atoms with E-state index in [1.54, 1.807) is 6.92 Å². The number of hydrogen-bond donors (Lipinski definition) is 1. The Morgan fingerprint density at radius 2 is 2.17 bits per heavy atom. The van der Waals surface area contributed by atoms with Crippen LogP contribution in [0.3, 0.4) is 0 Å². The number of terminal acetylenes is 1. The lowest BCUT2D eigenvalue weighted by molar-refractivity contribution is 0.0936. The fraction of sp³-hybridized carbons (Fsp3) is 0.368. The van der Waals surface area contributed by atoms with Crippen LogP contribution in [-0.2, 0) is 0 Å². The first-order chi connectivity index (χ1) is 11.4. The summed E-state index contributed by atoms with van der Waals surface area (Å²) in [5.41, 5.74) is 2.03. The van der Waals surface area contributed by atoms with Gasteiger partial charge >= 0.3 is 0 Å². The molecule has 0 saturated heterocycles. The molecule has 1 amide bonds. The average molecular weight is 326 g/mol. The molecule has 0 aliphatic heterocycles. The Balaban J connectivity index is 2.15. The number of aromatic nitrogens is 1. The second-order valence-electron chi connectivity index (χ2n) is 5.92. The van der Waals surface area contributed by atoms with Crippen LogP contribution in [0.2, 0.25) is 0 Å². The van der Waals surface area contributed by atoms with Crippen molar-refractivity contribution in [3.05, 3.63) is 46.8 Å². The van der Waals surface area contributed by atoms with E-state index >= 15 is 0 Å². The van der Waals surface area contributed by atoms with Crippen LogP contribution in [0.1, 0.15) is 60.1 Å². The average Bonchev–Trinajstić information content (AvgIpc) is 2.95. The number of carbonyl (C=O) groups is 1. The molecule has 24 heavy (non-hydrogen) atoms. The van der Waals surface area contributed by atoms with Crippen molar-refractivity contribution >= 4 is 5.91 Å². The minimum absolute atomic E-state index is 0.0859. The monoisotopic (exact) mass is 326 g/mol. The SMILES string of the molecule is C#CCOc1cccc([C@H](C)NC(=O)c2c(C)noc2C(C)C)c1. The van der Waals surface area contributed by atoms with Gasteiger partial charge in [-0.3, -0.25) is 4.79 Å². The molecule has 2 aromatic rings. The van der Waals surface area contributed by atoms with Crippen molar-refractivity contribution in [3.8, 4) is 18.1 Å². The zero-order valence-electron chi connectivity index (χ0n) is 14.4. The van der Waals surface area contributed by atoms with Crippen LogP contribution in [0.4, 0.5) is 0 Å². The molecule has 0 spiro atoms. The maximum atomic E-state index is 12.6. The Morgan fingerprint density at radius 1 is 1.42 bits per heavy atom. The quantitative estimate of drug-likeness (QED) is 0.824. The van der Waals surface area contributed by atoms with Crippen LogP contribution < -0.4 is 10.1 Å². The van der Waals surface area contributed by atoms with Gasteiger partial charge in [0.05, 0.1) is 11.7 Å². The van der Waals surface area contributed by atoms with E-state index in [1.165, 1.54) is 0 Å². The molecule has 0 unspecified atom stereocenters. The first kappa shape index (κ1) is 17.6. The molecule has 0 aliphatic rings. The second-order valence-corrected chi connectivity index (χ2v) is 5.92. The molecule has 2 rings (SSSR count). The number of ether oxygens (including phenoxy) is 1. The summed E-state index contributed by atoms with van der Waals surface area (Å²) in [6.07, 6.45) is 5.20. The molecule has 5 nitrogen and oxygen atoms in total. The van der Waals surface area contributed by atoms with E-state index in [1.807, 2.05) is 45.0 Å². The van der Waals surface area contributed by atoms with E-state index in [9.17, 15) is 4.79 Å². The van der Waals surface area contributed by atoms with Crippen LogP contribution >= 0.6 is 0 Å². The topological polar surface area (TPSA) is 64.4 Å². The normalized spacial score (nSPS) is 11.8. The number of rotatable bonds is 6. The molecule has 126 valence electrons. The number of amides is 1. The highest BCUT2D eigenvalue weighted by molar-refractivity contribution is 5.96. The fourth-order valence-corrected chi connectivity index (χ4v) is 2.41. The summed E-state index contributed by atoms with van der Waals surface area (Å²) in [4.78, 5) is 12.6. The largest absolute Gasteiger partial charge is 0.481 e. The smallest absolute Gasteiger partial charge is 0.257 e. The van der Waals surface area contributed by atoms with E-state index in [2.05, 4.69) is 16.4 Å². The zero-order chi connectivity index (χ0) is 17.7. The third-order valence-corrected chi connectivity index (χ3v) is 3.67. The first-order valence-corrected chi connectivity index (χ1v) is 7.87. The van der Waals surface area contributed by atoms with Crippen LogP contribution in [-0.4, -0.2) is 17.7 Å². The lowest BCUT2D eigenvalue weighted by Crippen LogP contribution is -2.27. The van der Waals surface area contributed by atoms with Gasteiger partial charge in [-0.2, -0.15) is 0 Å². The van der Waals surface area contributed by atoms with E-state index in [4.69, 9.17) is 15.7 Å². The van der Waals surface area contributed by atoms with Crippen molar-refractivity contribution in [2.24, 2.45) is 0 Å². The number of nitrogens with zero attached hydrogens (tertiary/aromatic N) is 1. The predicted octanol–water partition coefficient (Wildman–Crippen LogP) is 3.61. The third kappa shape index (κ3) is 3.96. The molecule has 0 fully saturated rings. The number of nitrogens with one attached hydrogen (secondary N) is 1. The summed E-state index contributed by atoms with van der Waals surface area (Å²) in [6.45, 7) is 7.82. The van der Waals surface area contributed by atoms with Crippen molar-refractivity contribution in [1.82, 2.24) is 10.5 Å². The number of benzene rings is 1. The molecule has 1 aromatic heterocycles. The highest BCUT2D eigenvalue weighted by atomic mass is 16.5. The molecule has 1 atom stereocenters. The van der Waals surface area contributed by atoms with Crippen LogP contribution in [0.25, 0.3) is 0 Å². The Hall–Kier alpha value is -2.74. The van der Waals surface area contributed by atoms with Crippen LogP contribution in [0.15, 0.2) is 28.8 Å². The van der Waals surface area contributed by atoms with Gasteiger partial charge in [0.15, 0.2) is 5.76 Å². The summed E-state index contributed by atoms with van der Waals surface area (Å²) in [5, 5.41) is 6.90. The minimum Gasteiger partial charge on any atom is -0.481 e.